The lowest BCUT2D eigenvalue weighted by Gasteiger charge is -2.49. The van der Waals surface area contributed by atoms with Crippen LogP contribution in [0.4, 0.5) is 0 Å². The van der Waals surface area contributed by atoms with Crippen LogP contribution in [0.3, 0.4) is 0 Å². The molecular formula is C34H39NO5. The van der Waals surface area contributed by atoms with Crippen molar-refractivity contribution < 1.29 is 24.2 Å². The normalized spacial score (nSPS) is 20.4. The number of carboxylic acid groups (broad SMARTS) is 1. The molecule has 2 aliphatic carbocycles. The molecule has 2 aromatic rings. The Kier molecular flexibility index (Phi) is 7.24. The quantitative estimate of drug-likeness (QED) is 0.418. The second-order valence-corrected chi connectivity index (χ2v) is 13.2. The summed E-state index contributed by atoms with van der Waals surface area (Å²) >= 11 is 0. The smallest absolute Gasteiger partial charge is 0.305 e. The Morgan fingerprint density at radius 1 is 0.850 bits per heavy atom. The van der Waals surface area contributed by atoms with Gasteiger partial charge in [-0.25, -0.2) is 0 Å². The lowest BCUT2D eigenvalue weighted by molar-refractivity contribution is -0.137. The monoisotopic (exact) mass is 541 g/mol. The van der Waals surface area contributed by atoms with Gasteiger partial charge in [0.15, 0.2) is 11.6 Å². The Labute approximate surface area is 236 Å². The first kappa shape index (κ1) is 27.9. The predicted molar refractivity (Wildman–Crippen MR) is 154 cm³/mol. The molecule has 6 nitrogen and oxygen atoms in total. The number of hydrogen-bond donors (Lipinski definition) is 1. The van der Waals surface area contributed by atoms with Gasteiger partial charge in [-0.3, -0.25) is 14.4 Å². The van der Waals surface area contributed by atoms with Crippen LogP contribution in [0.25, 0.3) is 0 Å². The zero-order valence-corrected chi connectivity index (χ0v) is 24.2. The van der Waals surface area contributed by atoms with Gasteiger partial charge in [0.1, 0.15) is 12.4 Å². The van der Waals surface area contributed by atoms with Gasteiger partial charge in [0.2, 0.25) is 0 Å². The molecule has 210 valence electrons. The summed E-state index contributed by atoms with van der Waals surface area (Å²) in [4.78, 5) is 41.3. The van der Waals surface area contributed by atoms with Gasteiger partial charge >= 0.3 is 5.97 Å². The van der Waals surface area contributed by atoms with E-state index in [2.05, 4.69) is 58.9 Å². The van der Waals surface area contributed by atoms with Gasteiger partial charge < -0.3 is 14.7 Å². The van der Waals surface area contributed by atoms with E-state index in [1.807, 2.05) is 29.2 Å². The van der Waals surface area contributed by atoms with Crippen LogP contribution < -0.4 is 4.74 Å². The molecule has 6 heteroatoms. The molecule has 0 saturated heterocycles. The van der Waals surface area contributed by atoms with Gasteiger partial charge in [-0.1, -0.05) is 69.7 Å². The van der Waals surface area contributed by atoms with Crippen molar-refractivity contribution in [3.63, 3.8) is 0 Å². The highest BCUT2D eigenvalue weighted by Crippen LogP contribution is 2.54. The summed E-state index contributed by atoms with van der Waals surface area (Å²) in [5, 5.41) is 9.53. The number of Topliss-reactive ketones (excluding diaryl/α,β-unsaturated/α-hetero) is 2. The van der Waals surface area contributed by atoms with E-state index < -0.39 is 11.9 Å². The minimum atomic E-state index is -0.893. The molecule has 5 rings (SSSR count). The number of hydrogen-bond acceptors (Lipinski definition) is 5. The highest BCUT2D eigenvalue weighted by molar-refractivity contribution is 6.06. The zero-order chi connectivity index (χ0) is 28.8. The van der Waals surface area contributed by atoms with E-state index in [0.29, 0.717) is 43.4 Å². The van der Waals surface area contributed by atoms with E-state index in [4.69, 9.17) is 4.74 Å². The van der Waals surface area contributed by atoms with E-state index in [9.17, 15) is 19.5 Å². The van der Waals surface area contributed by atoms with Crippen molar-refractivity contribution in [2.24, 2.45) is 10.8 Å². The first-order valence-corrected chi connectivity index (χ1v) is 14.1. The van der Waals surface area contributed by atoms with Crippen molar-refractivity contribution in [1.29, 1.82) is 0 Å². The molecule has 0 aromatic heterocycles. The average Bonchev–Trinajstić information content (AvgIpc) is 2.85. The lowest BCUT2D eigenvalue weighted by Crippen LogP contribution is -2.45. The third-order valence-corrected chi connectivity index (χ3v) is 8.31. The van der Waals surface area contributed by atoms with Crippen molar-refractivity contribution in [3.05, 3.63) is 87.8 Å². The third kappa shape index (κ3) is 5.63. The number of benzene rings is 2. The first-order chi connectivity index (χ1) is 18.8. The van der Waals surface area contributed by atoms with E-state index in [0.717, 1.165) is 28.3 Å². The molecule has 0 saturated carbocycles. The number of rotatable bonds is 7. The average molecular weight is 542 g/mol. The molecule has 0 unspecified atom stereocenters. The number of allylic oxidation sites excluding steroid dienone is 4. The van der Waals surface area contributed by atoms with Crippen LogP contribution in [0.15, 0.2) is 71.1 Å². The third-order valence-electron chi connectivity index (χ3n) is 8.31. The molecule has 3 aliphatic rings. The number of ether oxygens (including phenoxy) is 1. The molecule has 0 radical (unpaired) electrons. The van der Waals surface area contributed by atoms with Crippen LogP contribution >= 0.6 is 0 Å². The molecule has 0 spiro atoms. The Morgan fingerprint density at radius 3 is 1.88 bits per heavy atom. The van der Waals surface area contributed by atoms with Gasteiger partial charge in [-0.2, -0.15) is 0 Å². The fraction of sp³-hybridized carbons (Fsp3) is 0.441. The topological polar surface area (TPSA) is 83.9 Å². The molecule has 0 fully saturated rings. The summed E-state index contributed by atoms with van der Waals surface area (Å²) in [7, 11) is 0. The minimum Gasteiger partial charge on any atom is -0.489 e. The highest BCUT2D eigenvalue weighted by Gasteiger charge is 2.48. The maximum absolute atomic E-state index is 13.8. The molecule has 0 amide bonds. The summed E-state index contributed by atoms with van der Waals surface area (Å²) in [6.45, 7) is 11.1. The Balaban J connectivity index is 1.56. The fourth-order valence-electron chi connectivity index (χ4n) is 6.47. The SMILES string of the molecule is Cc1ccc(COc2ccc(C3C4=C(CC(C)(C)CC4=O)N(CCC(=O)O)C4=C3C(=O)CC(C)(C)C4)cc2)cc1. The van der Waals surface area contributed by atoms with Crippen molar-refractivity contribution >= 4 is 17.5 Å². The van der Waals surface area contributed by atoms with Crippen molar-refractivity contribution in [2.45, 2.75) is 79.2 Å². The molecule has 40 heavy (non-hydrogen) atoms. The summed E-state index contributed by atoms with van der Waals surface area (Å²) < 4.78 is 6.03. The number of aliphatic carboxylic acids is 1. The number of nitrogens with zero attached hydrogens (tertiary/aromatic N) is 1. The summed E-state index contributed by atoms with van der Waals surface area (Å²) in [6.07, 6.45) is 2.06. The lowest BCUT2D eigenvalue weighted by atomic mass is 9.63. The molecule has 1 N–H and O–H groups in total. The van der Waals surface area contributed by atoms with Crippen LogP contribution in [0.2, 0.25) is 0 Å². The Morgan fingerprint density at radius 2 is 1.38 bits per heavy atom. The van der Waals surface area contributed by atoms with E-state index in [1.54, 1.807) is 0 Å². The van der Waals surface area contributed by atoms with E-state index >= 15 is 0 Å². The fourth-order valence-corrected chi connectivity index (χ4v) is 6.47. The number of aryl methyl sites for hydroxylation is 1. The minimum absolute atomic E-state index is 0.0421. The maximum Gasteiger partial charge on any atom is 0.305 e. The van der Waals surface area contributed by atoms with Gasteiger partial charge in [0, 0.05) is 47.8 Å². The molecule has 2 aromatic carbocycles. The molecular weight excluding hydrogens is 502 g/mol. The molecule has 1 heterocycles. The second kappa shape index (κ2) is 10.4. The van der Waals surface area contributed by atoms with Crippen LogP contribution in [-0.2, 0) is 21.0 Å². The number of carbonyl (C=O) groups excluding carboxylic acids is 2. The Hall–Kier alpha value is -3.67. The molecule has 0 bridgehead atoms. The molecule has 0 atom stereocenters. The summed E-state index contributed by atoms with van der Waals surface area (Å²) in [6, 6.07) is 16.0. The summed E-state index contributed by atoms with van der Waals surface area (Å²) in [5.41, 5.74) is 5.76. The number of ketones is 2. The van der Waals surface area contributed by atoms with Crippen molar-refractivity contribution in [2.75, 3.05) is 6.54 Å². The van der Waals surface area contributed by atoms with Crippen molar-refractivity contribution in [1.82, 2.24) is 4.90 Å². The van der Waals surface area contributed by atoms with Crippen LogP contribution in [-0.4, -0.2) is 34.1 Å². The predicted octanol–water partition coefficient (Wildman–Crippen LogP) is 6.73. The van der Waals surface area contributed by atoms with Gasteiger partial charge in [-0.05, 0) is 53.9 Å². The standard InChI is InChI=1S/C34H39NO5/c1-21-6-8-22(9-7-21)20-40-24-12-10-23(11-13-24)30-31-25(16-33(2,3)18-27(31)36)35(15-14-29(38)39)26-17-34(4,5)19-28(37)32(26)30/h6-13,30H,14-20H2,1-5H3,(H,38,39). The first-order valence-electron chi connectivity index (χ1n) is 14.1. The van der Waals surface area contributed by atoms with Gasteiger partial charge in [0.05, 0.1) is 6.42 Å². The maximum atomic E-state index is 13.8. The summed E-state index contributed by atoms with van der Waals surface area (Å²) in [5.74, 6) is -0.542. The second-order valence-electron chi connectivity index (χ2n) is 13.2. The van der Waals surface area contributed by atoms with Crippen LogP contribution in [0.1, 0.15) is 82.4 Å². The molecule has 1 aliphatic heterocycles. The number of carboxylic acids is 1. The Bertz CT molecular complexity index is 1360. The van der Waals surface area contributed by atoms with Crippen LogP contribution in [0.5, 0.6) is 5.75 Å². The van der Waals surface area contributed by atoms with Crippen molar-refractivity contribution in [3.8, 4) is 5.75 Å². The van der Waals surface area contributed by atoms with Gasteiger partial charge in [-0.15, -0.1) is 0 Å². The highest BCUT2D eigenvalue weighted by atomic mass is 16.5. The van der Waals surface area contributed by atoms with Crippen LogP contribution in [0, 0.1) is 17.8 Å². The number of carbonyl (C=O) groups is 3. The zero-order valence-electron chi connectivity index (χ0n) is 24.2. The van der Waals surface area contributed by atoms with E-state index in [-0.39, 0.29) is 35.4 Å². The van der Waals surface area contributed by atoms with E-state index in [1.165, 1.54) is 5.56 Å². The van der Waals surface area contributed by atoms with Gasteiger partial charge in [0.25, 0.3) is 0 Å². The largest absolute Gasteiger partial charge is 0.489 e.